The highest BCUT2D eigenvalue weighted by Gasteiger charge is 2.35. The number of halogens is 3. The van der Waals surface area contributed by atoms with Crippen LogP contribution in [0.5, 0.6) is 23.0 Å². The average molecular weight is 679 g/mol. The topological polar surface area (TPSA) is 27.7 Å². The van der Waals surface area contributed by atoms with Crippen molar-refractivity contribution in [3.8, 4) is 56.4 Å². The van der Waals surface area contributed by atoms with Crippen LogP contribution in [0.2, 0.25) is 0 Å². The third-order valence-electron chi connectivity index (χ3n) is 8.44. The van der Waals surface area contributed by atoms with Crippen LogP contribution in [0, 0.1) is 0 Å². The van der Waals surface area contributed by atoms with Crippen LogP contribution < -0.4 is 14.2 Å². The monoisotopic (exact) mass is 678 g/mol. The molecule has 0 saturated heterocycles. The molecule has 0 aliphatic heterocycles. The fourth-order valence-corrected chi connectivity index (χ4v) is 6.10. The molecule has 252 valence electrons. The lowest BCUT2D eigenvalue weighted by atomic mass is 9.86. The zero-order valence-corrected chi connectivity index (χ0v) is 27.5. The zero-order valence-electron chi connectivity index (χ0n) is 27.5. The summed E-state index contributed by atoms with van der Waals surface area (Å²) in [5.41, 5.74) is 5.97. The maximum absolute atomic E-state index is 14.5. The summed E-state index contributed by atoms with van der Waals surface area (Å²) < 4.78 is 60.6. The fraction of sp³-hybridized carbons (Fsp3) is 0.0667. The van der Waals surface area contributed by atoms with Gasteiger partial charge in [-0.25, -0.2) is 0 Å². The molecule has 0 bridgehead atoms. The molecule has 6 heteroatoms. The Morgan fingerprint density at radius 1 is 0.451 bits per heavy atom. The van der Waals surface area contributed by atoms with Crippen molar-refractivity contribution >= 4 is 0 Å². The molecule has 51 heavy (non-hydrogen) atoms. The molecule has 0 unspecified atom stereocenters. The molecule has 0 amide bonds. The molecule has 7 aromatic carbocycles. The Bertz CT molecular complexity index is 2200. The Balaban J connectivity index is 1.38. The summed E-state index contributed by atoms with van der Waals surface area (Å²) in [7, 11) is 0. The van der Waals surface area contributed by atoms with E-state index in [0.29, 0.717) is 63.7 Å². The van der Waals surface area contributed by atoms with E-state index < -0.39 is 6.36 Å². The van der Waals surface area contributed by atoms with Gasteiger partial charge in [0.1, 0.15) is 29.6 Å². The minimum absolute atomic E-state index is 0.284. The van der Waals surface area contributed by atoms with E-state index in [1.165, 1.54) is 0 Å². The van der Waals surface area contributed by atoms with Crippen LogP contribution >= 0.6 is 0 Å². The lowest BCUT2D eigenvalue weighted by Gasteiger charge is -2.23. The summed E-state index contributed by atoms with van der Waals surface area (Å²) in [6, 6.07) is 54.4. The molecule has 0 N–H and O–H groups in total. The maximum Gasteiger partial charge on any atom is 0.573 e. The van der Waals surface area contributed by atoms with Gasteiger partial charge in [0.25, 0.3) is 0 Å². The van der Waals surface area contributed by atoms with E-state index in [-0.39, 0.29) is 5.75 Å². The van der Waals surface area contributed by atoms with Crippen molar-refractivity contribution < 1.29 is 27.4 Å². The van der Waals surface area contributed by atoms with Crippen molar-refractivity contribution in [1.82, 2.24) is 0 Å². The highest BCUT2D eigenvalue weighted by Crippen LogP contribution is 2.48. The smallest absolute Gasteiger partial charge is 0.489 e. The normalized spacial score (nSPS) is 11.2. The first kappa shape index (κ1) is 33.2. The molecule has 0 atom stereocenters. The number of hydrogen-bond donors (Lipinski definition) is 0. The molecule has 0 spiro atoms. The van der Waals surface area contributed by atoms with Crippen LogP contribution in [-0.2, 0) is 13.0 Å². The first-order valence-electron chi connectivity index (χ1n) is 16.5. The quantitative estimate of drug-likeness (QED) is 0.136. The Morgan fingerprint density at radius 2 is 1.04 bits per heavy atom. The molecular weight excluding hydrogens is 645 g/mol. The van der Waals surface area contributed by atoms with Crippen molar-refractivity contribution in [3.63, 3.8) is 0 Å². The third kappa shape index (κ3) is 8.31. The summed E-state index contributed by atoms with van der Waals surface area (Å²) in [6.07, 6.45) is -4.45. The summed E-state index contributed by atoms with van der Waals surface area (Å²) in [5, 5.41) is 0. The molecular formula is C45H33F3O3. The van der Waals surface area contributed by atoms with E-state index in [1.54, 1.807) is 30.3 Å². The van der Waals surface area contributed by atoms with Gasteiger partial charge in [0.05, 0.1) is 0 Å². The van der Waals surface area contributed by atoms with Gasteiger partial charge in [-0.2, -0.15) is 0 Å². The van der Waals surface area contributed by atoms with Crippen molar-refractivity contribution in [2.24, 2.45) is 0 Å². The van der Waals surface area contributed by atoms with E-state index in [0.717, 1.165) is 16.7 Å². The predicted octanol–water partition coefficient (Wildman–Crippen LogP) is 12.5. The van der Waals surface area contributed by atoms with Crippen molar-refractivity contribution in [3.05, 3.63) is 193 Å². The van der Waals surface area contributed by atoms with Gasteiger partial charge in [0.2, 0.25) is 0 Å². The first-order chi connectivity index (χ1) is 24.9. The van der Waals surface area contributed by atoms with Crippen molar-refractivity contribution in [2.45, 2.75) is 19.4 Å². The van der Waals surface area contributed by atoms with Gasteiger partial charge in [-0.1, -0.05) is 133 Å². The molecule has 7 rings (SSSR count). The van der Waals surface area contributed by atoms with Crippen LogP contribution in [0.1, 0.15) is 16.7 Å². The second kappa shape index (κ2) is 15.1. The lowest BCUT2D eigenvalue weighted by molar-refractivity contribution is -0.274. The van der Waals surface area contributed by atoms with Gasteiger partial charge in [0, 0.05) is 11.1 Å². The van der Waals surface area contributed by atoms with Gasteiger partial charge in [-0.05, 0) is 87.8 Å². The molecule has 0 saturated carbocycles. The van der Waals surface area contributed by atoms with E-state index >= 15 is 0 Å². The third-order valence-corrected chi connectivity index (χ3v) is 8.44. The van der Waals surface area contributed by atoms with Crippen LogP contribution in [0.4, 0.5) is 13.2 Å². The van der Waals surface area contributed by atoms with Crippen LogP contribution in [0.15, 0.2) is 176 Å². The van der Waals surface area contributed by atoms with Crippen molar-refractivity contribution in [1.29, 1.82) is 0 Å². The van der Waals surface area contributed by atoms with E-state index in [9.17, 15) is 13.2 Å². The average Bonchev–Trinajstić information content (AvgIpc) is 3.15. The SMILES string of the molecule is FC(F)(F)Oc1c(-c2ccc(Oc3ccccc3)cc2)ccc(-c2cccc(OCc3ccccc3)c2)c1-c1ccccc1Cc1ccccc1. The van der Waals surface area contributed by atoms with Crippen molar-refractivity contribution in [2.75, 3.05) is 0 Å². The molecule has 3 nitrogen and oxygen atoms in total. The molecule has 0 radical (unpaired) electrons. The highest BCUT2D eigenvalue weighted by atomic mass is 19.4. The minimum atomic E-state index is -4.96. The number of hydrogen-bond acceptors (Lipinski definition) is 3. The van der Waals surface area contributed by atoms with E-state index in [4.69, 9.17) is 14.2 Å². The minimum Gasteiger partial charge on any atom is -0.489 e. The first-order valence-corrected chi connectivity index (χ1v) is 16.5. The van der Waals surface area contributed by atoms with Gasteiger partial charge >= 0.3 is 6.36 Å². The Labute approximate surface area is 295 Å². The predicted molar refractivity (Wildman–Crippen MR) is 196 cm³/mol. The lowest BCUT2D eigenvalue weighted by Crippen LogP contribution is -2.18. The number of ether oxygens (including phenoxy) is 3. The zero-order chi connectivity index (χ0) is 35.0. The number of alkyl halides is 3. The Hall–Kier alpha value is -6.27. The number of benzene rings is 7. The highest BCUT2D eigenvalue weighted by molar-refractivity contribution is 5.94. The van der Waals surface area contributed by atoms with E-state index in [1.807, 2.05) is 146 Å². The molecule has 0 aliphatic carbocycles. The molecule has 0 fully saturated rings. The van der Waals surface area contributed by atoms with Gasteiger partial charge in [-0.15, -0.1) is 13.2 Å². The largest absolute Gasteiger partial charge is 0.573 e. The van der Waals surface area contributed by atoms with Gasteiger partial charge in [0.15, 0.2) is 0 Å². The second-order valence-electron chi connectivity index (χ2n) is 12.0. The standard InChI is InChI=1S/C45H33F3O3/c46-45(47,48)51-44-42(34-23-25-38(26-24-34)50-37-19-8-3-9-20-37)28-27-41(36-18-12-21-39(30-36)49-31-33-15-6-2-7-16-33)43(44)40-22-11-10-17-35(40)29-32-13-4-1-5-14-32/h1-28,30H,29,31H2. The van der Waals surface area contributed by atoms with Gasteiger partial charge in [-0.3, -0.25) is 0 Å². The van der Waals surface area contributed by atoms with Gasteiger partial charge < -0.3 is 14.2 Å². The molecule has 0 heterocycles. The summed E-state index contributed by atoms with van der Waals surface area (Å²) >= 11 is 0. The maximum atomic E-state index is 14.5. The van der Waals surface area contributed by atoms with E-state index in [2.05, 4.69) is 0 Å². The summed E-state index contributed by atoms with van der Waals surface area (Å²) in [5.74, 6) is 1.52. The second-order valence-corrected chi connectivity index (χ2v) is 12.0. The summed E-state index contributed by atoms with van der Waals surface area (Å²) in [4.78, 5) is 0. The molecule has 7 aromatic rings. The number of para-hydroxylation sites is 1. The van der Waals surface area contributed by atoms with Crippen LogP contribution in [-0.4, -0.2) is 6.36 Å². The Kier molecular flexibility index (Phi) is 9.84. The Morgan fingerprint density at radius 3 is 1.75 bits per heavy atom. The summed E-state index contributed by atoms with van der Waals surface area (Å²) in [6.45, 7) is 0.350. The molecule has 0 aliphatic rings. The number of rotatable bonds is 11. The fourth-order valence-electron chi connectivity index (χ4n) is 6.10. The van der Waals surface area contributed by atoms with Crippen LogP contribution in [0.25, 0.3) is 33.4 Å². The molecule has 0 aromatic heterocycles. The van der Waals surface area contributed by atoms with Crippen LogP contribution in [0.3, 0.4) is 0 Å².